The summed E-state index contributed by atoms with van der Waals surface area (Å²) in [5.41, 5.74) is 0.380. The van der Waals surface area contributed by atoms with Gasteiger partial charge in [-0.1, -0.05) is 6.07 Å². The first-order valence-corrected chi connectivity index (χ1v) is 10.1. The largest absolute Gasteiger partial charge is 0.374 e. The lowest BCUT2D eigenvalue weighted by Crippen LogP contribution is -2.59. The van der Waals surface area contributed by atoms with E-state index in [9.17, 15) is 14.0 Å². The summed E-state index contributed by atoms with van der Waals surface area (Å²) in [6.07, 6.45) is 5.51. The van der Waals surface area contributed by atoms with E-state index in [2.05, 4.69) is 0 Å². The third-order valence-corrected chi connectivity index (χ3v) is 6.65. The molecule has 2 bridgehead atoms. The standard InChI is InChI=1S/C21H25FN2O3/c22-15-3-1-2-14(10-15)20(25)23-8-9-24(18(12-23)13-4-5-13)21(26)17-11-16-6-7-19(17)27-16/h1-3,10,13,16-19H,4-9,11-12H2/t16-,17+,18?,19+/m0/s1. The van der Waals surface area contributed by atoms with Gasteiger partial charge in [-0.2, -0.15) is 0 Å². The number of hydrogen-bond donors (Lipinski definition) is 0. The maximum absolute atomic E-state index is 13.5. The fourth-order valence-electron chi connectivity index (χ4n) is 5.07. The predicted octanol–water partition coefficient (Wildman–Crippen LogP) is 2.46. The molecule has 4 atom stereocenters. The van der Waals surface area contributed by atoms with Crippen molar-refractivity contribution >= 4 is 11.8 Å². The molecule has 1 aliphatic carbocycles. The smallest absolute Gasteiger partial charge is 0.254 e. The normalized spacial score (nSPS) is 32.8. The lowest BCUT2D eigenvalue weighted by Gasteiger charge is -2.43. The molecule has 1 aromatic carbocycles. The summed E-state index contributed by atoms with van der Waals surface area (Å²) >= 11 is 0. The third kappa shape index (κ3) is 3.14. The minimum absolute atomic E-state index is 0.00419. The van der Waals surface area contributed by atoms with Crippen LogP contribution in [0.25, 0.3) is 0 Å². The van der Waals surface area contributed by atoms with Crippen molar-refractivity contribution in [1.29, 1.82) is 0 Å². The summed E-state index contributed by atoms with van der Waals surface area (Å²) in [5, 5.41) is 0. The van der Waals surface area contributed by atoms with Crippen LogP contribution in [-0.4, -0.2) is 59.5 Å². The Hall–Kier alpha value is -1.95. The number of piperazine rings is 1. The van der Waals surface area contributed by atoms with Crippen molar-refractivity contribution in [3.8, 4) is 0 Å². The van der Waals surface area contributed by atoms with Gasteiger partial charge in [0.05, 0.1) is 24.2 Å². The second kappa shape index (κ2) is 6.59. The highest BCUT2D eigenvalue weighted by atomic mass is 19.1. The van der Waals surface area contributed by atoms with Gasteiger partial charge in [0.2, 0.25) is 5.91 Å². The number of nitrogens with zero attached hydrogens (tertiary/aromatic N) is 2. The molecule has 0 aromatic heterocycles. The van der Waals surface area contributed by atoms with Gasteiger partial charge < -0.3 is 14.5 Å². The van der Waals surface area contributed by atoms with Gasteiger partial charge in [-0.25, -0.2) is 4.39 Å². The molecule has 0 radical (unpaired) electrons. The monoisotopic (exact) mass is 372 g/mol. The van der Waals surface area contributed by atoms with E-state index in [1.54, 1.807) is 17.0 Å². The van der Waals surface area contributed by atoms with Crippen molar-refractivity contribution in [3.05, 3.63) is 35.6 Å². The van der Waals surface area contributed by atoms with Crippen molar-refractivity contribution in [1.82, 2.24) is 9.80 Å². The zero-order chi connectivity index (χ0) is 18.5. The Labute approximate surface area is 158 Å². The molecule has 2 amide bonds. The van der Waals surface area contributed by atoms with Crippen molar-refractivity contribution in [3.63, 3.8) is 0 Å². The molecule has 4 aliphatic rings. The maximum Gasteiger partial charge on any atom is 0.254 e. The van der Waals surface area contributed by atoms with Crippen LogP contribution in [0.15, 0.2) is 24.3 Å². The van der Waals surface area contributed by atoms with E-state index in [0.717, 1.165) is 32.1 Å². The van der Waals surface area contributed by atoms with Gasteiger partial charge in [-0.05, 0) is 56.2 Å². The molecule has 4 fully saturated rings. The molecule has 144 valence electrons. The quantitative estimate of drug-likeness (QED) is 0.819. The maximum atomic E-state index is 13.5. The highest BCUT2D eigenvalue weighted by molar-refractivity contribution is 5.94. The van der Waals surface area contributed by atoms with Crippen LogP contribution in [0.1, 0.15) is 42.5 Å². The Morgan fingerprint density at radius 3 is 2.63 bits per heavy atom. The van der Waals surface area contributed by atoms with E-state index < -0.39 is 5.82 Å². The number of carbonyl (C=O) groups is 2. The van der Waals surface area contributed by atoms with E-state index >= 15 is 0 Å². The molecular weight excluding hydrogens is 347 g/mol. The molecule has 1 saturated carbocycles. The van der Waals surface area contributed by atoms with Crippen LogP contribution >= 0.6 is 0 Å². The molecule has 3 saturated heterocycles. The average Bonchev–Trinajstić information content (AvgIpc) is 3.32. The number of halogens is 1. The topological polar surface area (TPSA) is 49.9 Å². The Kier molecular flexibility index (Phi) is 4.19. The van der Waals surface area contributed by atoms with E-state index in [1.807, 2.05) is 4.90 Å². The summed E-state index contributed by atoms with van der Waals surface area (Å²) in [5.74, 6) is 0.157. The van der Waals surface area contributed by atoms with E-state index in [-0.39, 0.29) is 36.0 Å². The Bertz CT molecular complexity index is 766. The van der Waals surface area contributed by atoms with Crippen molar-refractivity contribution < 1.29 is 18.7 Å². The summed E-state index contributed by atoms with van der Waals surface area (Å²) in [6.45, 7) is 1.62. The Morgan fingerprint density at radius 1 is 1.11 bits per heavy atom. The predicted molar refractivity (Wildman–Crippen MR) is 96.5 cm³/mol. The van der Waals surface area contributed by atoms with Crippen LogP contribution in [0.5, 0.6) is 0 Å². The molecular formula is C21H25FN2O3. The van der Waals surface area contributed by atoms with Gasteiger partial charge in [0.25, 0.3) is 5.91 Å². The molecule has 3 heterocycles. The SMILES string of the molecule is O=C(c1cccc(F)c1)N1CCN(C(=O)[C@@H]2C[C@@H]3CC[C@H]2O3)C(C2CC2)C1. The van der Waals surface area contributed by atoms with Gasteiger partial charge in [-0.15, -0.1) is 0 Å². The summed E-state index contributed by atoms with van der Waals surface area (Å²) in [4.78, 5) is 29.9. The van der Waals surface area contributed by atoms with E-state index in [4.69, 9.17) is 4.74 Å². The highest BCUT2D eigenvalue weighted by Gasteiger charge is 2.49. The minimum Gasteiger partial charge on any atom is -0.374 e. The summed E-state index contributed by atoms with van der Waals surface area (Å²) < 4.78 is 19.4. The zero-order valence-corrected chi connectivity index (χ0v) is 15.4. The first kappa shape index (κ1) is 17.2. The molecule has 6 heteroatoms. The number of carbonyl (C=O) groups excluding carboxylic acids is 2. The lowest BCUT2D eigenvalue weighted by molar-refractivity contribution is -0.142. The van der Waals surface area contributed by atoms with E-state index in [0.29, 0.717) is 31.1 Å². The lowest BCUT2D eigenvalue weighted by atomic mass is 9.87. The van der Waals surface area contributed by atoms with Crippen LogP contribution in [0.2, 0.25) is 0 Å². The van der Waals surface area contributed by atoms with Crippen LogP contribution in [0.3, 0.4) is 0 Å². The first-order valence-electron chi connectivity index (χ1n) is 10.1. The van der Waals surface area contributed by atoms with Gasteiger partial charge in [0.15, 0.2) is 0 Å². The molecule has 5 nitrogen and oxygen atoms in total. The molecule has 0 N–H and O–H groups in total. The molecule has 0 spiro atoms. The van der Waals surface area contributed by atoms with Gasteiger partial charge in [-0.3, -0.25) is 9.59 Å². The zero-order valence-electron chi connectivity index (χ0n) is 15.4. The van der Waals surface area contributed by atoms with Crippen molar-refractivity contribution in [2.24, 2.45) is 11.8 Å². The number of benzene rings is 1. The van der Waals surface area contributed by atoms with Crippen molar-refractivity contribution in [2.75, 3.05) is 19.6 Å². The van der Waals surface area contributed by atoms with E-state index in [1.165, 1.54) is 12.1 Å². The van der Waals surface area contributed by atoms with Crippen LogP contribution < -0.4 is 0 Å². The molecule has 1 aromatic rings. The fraction of sp³-hybridized carbons (Fsp3) is 0.619. The van der Waals surface area contributed by atoms with Crippen LogP contribution in [-0.2, 0) is 9.53 Å². The van der Waals surface area contributed by atoms with Gasteiger partial charge in [0, 0.05) is 25.2 Å². The second-order valence-corrected chi connectivity index (χ2v) is 8.41. The number of ether oxygens (including phenoxy) is 1. The number of rotatable bonds is 3. The average molecular weight is 372 g/mol. The van der Waals surface area contributed by atoms with Crippen LogP contribution in [0.4, 0.5) is 4.39 Å². The number of amides is 2. The molecule has 3 aliphatic heterocycles. The molecule has 27 heavy (non-hydrogen) atoms. The van der Waals surface area contributed by atoms with Crippen LogP contribution in [0, 0.1) is 17.7 Å². The Balaban J connectivity index is 1.31. The van der Waals surface area contributed by atoms with Crippen molar-refractivity contribution in [2.45, 2.75) is 50.4 Å². The second-order valence-electron chi connectivity index (χ2n) is 8.41. The third-order valence-electron chi connectivity index (χ3n) is 6.65. The highest BCUT2D eigenvalue weighted by Crippen LogP contribution is 2.42. The fourth-order valence-corrected chi connectivity index (χ4v) is 5.07. The summed E-state index contributed by atoms with van der Waals surface area (Å²) in [7, 11) is 0. The number of fused-ring (bicyclic) bond motifs is 2. The van der Waals surface area contributed by atoms with Gasteiger partial charge >= 0.3 is 0 Å². The molecule has 1 unspecified atom stereocenters. The summed E-state index contributed by atoms with van der Waals surface area (Å²) in [6, 6.07) is 5.94. The minimum atomic E-state index is -0.398. The van der Waals surface area contributed by atoms with Gasteiger partial charge in [0.1, 0.15) is 5.82 Å². The first-order chi connectivity index (χ1) is 13.1. The molecule has 5 rings (SSSR count). The number of hydrogen-bond acceptors (Lipinski definition) is 3. The Morgan fingerprint density at radius 2 is 1.96 bits per heavy atom.